The van der Waals surface area contributed by atoms with Crippen molar-refractivity contribution in [3.8, 4) is 11.1 Å². The molecule has 31 heavy (non-hydrogen) atoms. The maximum atomic E-state index is 13.4. The molecule has 0 unspecified atom stereocenters. The van der Waals surface area contributed by atoms with E-state index in [1.165, 1.54) is 23.6 Å². The van der Waals surface area contributed by atoms with Crippen molar-refractivity contribution in [2.75, 3.05) is 24.5 Å². The van der Waals surface area contributed by atoms with Gasteiger partial charge in [0.05, 0.1) is 17.4 Å². The Morgan fingerprint density at radius 1 is 1.19 bits per heavy atom. The summed E-state index contributed by atoms with van der Waals surface area (Å²) in [5.74, 6) is 1.13. The highest BCUT2D eigenvalue weighted by molar-refractivity contribution is 7.07. The number of ether oxygens (including phenoxy) is 1. The van der Waals surface area contributed by atoms with Crippen LogP contribution in [-0.2, 0) is 11.3 Å². The number of thiazole rings is 1. The van der Waals surface area contributed by atoms with Gasteiger partial charge in [-0.2, -0.15) is 0 Å². The van der Waals surface area contributed by atoms with Crippen LogP contribution in [0.1, 0.15) is 25.0 Å². The van der Waals surface area contributed by atoms with Gasteiger partial charge in [0.2, 0.25) is 0 Å². The third-order valence-corrected chi connectivity index (χ3v) is 6.02. The molecule has 1 saturated heterocycles. The maximum Gasteiger partial charge on any atom is 0.407 e. The van der Waals surface area contributed by atoms with Crippen LogP contribution in [0, 0.1) is 11.7 Å². The minimum Gasteiger partial charge on any atom is -0.443 e. The molecule has 162 valence electrons. The highest BCUT2D eigenvalue weighted by Crippen LogP contribution is 2.26. The van der Waals surface area contributed by atoms with E-state index in [0.29, 0.717) is 12.5 Å². The summed E-state index contributed by atoms with van der Waals surface area (Å²) in [5, 5.41) is 4.68. The van der Waals surface area contributed by atoms with Crippen molar-refractivity contribution < 1.29 is 13.9 Å². The second-order valence-corrected chi connectivity index (χ2v) is 8.22. The number of rotatable bonds is 7. The first-order valence-corrected chi connectivity index (χ1v) is 11.2. The topological polar surface area (TPSA) is 80.2 Å². The highest BCUT2D eigenvalue weighted by atomic mass is 32.1. The summed E-state index contributed by atoms with van der Waals surface area (Å²) in [6.45, 7) is 2.66. The normalized spacial score (nSPS) is 14.4. The van der Waals surface area contributed by atoms with Crippen LogP contribution in [0.5, 0.6) is 0 Å². The number of nitrogens with one attached hydrogen (secondary N) is 1. The zero-order valence-electron chi connectivity index (χ0n) is 17.0. The number of carbonyl (C=O) groups excluding carboxylic acids is 1. The van der Waals surface area contributed by atoms with Crippen LogP contribution in [0.4, 0.5) is 15.0 Å². The first-order chi connectivity index (χ1) is 15.2. The van der Waals surface area contributed by atoms with Crippen LogP contribution in [0.2, 0.25) is 0 Å². The molecule has 7 nitrogen and oxygen atoms in total. The predicted molar refractivity (Wildman–Crippen MR) is 117 cm³/mol. The number of nitrogens with zero attached hydrogens (tertiary/aromatic N) is 4. The number of anilines is 1. The average molecular weight is 442 g/mol. The van der Waals surface area contributed by atoms with E-state index in [9.17, 15) is 9.18 Å². The van der Waals surface area contributed by atoms with Gasteiger partial charge in [-0.15, -0.1) is 11.3 Å². The molecule has 4 heterocycles. The summed E-state index contributed by atoms with van der Waals surface area (Å²) >= 11 is 1.48. The van der Waals surface area contributed by atoms with Crippen LogP contribution in [-0.4, -0.2) is 40.7 Å². The van der Waals surface area contributed by atoms with Crippen LogP contribution in [0.25, 0.3) is 11.1 Å². The molecule has 1 fully saturated rings. The van der Waals surface area contributed by atoms with Gasteiger partial charge in [-0.3, -0.25) is 4.98 Å². The van der Waals surface area contributed by atoms with Gasteiger partial charge in [-0.05, 0) is 43.4 Å². The molecule has 1 aliphatic rings. The first kappa shape index (κ1) is 21.2. The Labute approximate surface area is 184 Å². The van der Waals surface area contributed by atoms with E-state index in [1.54, 1.807) is 17.9 Å². The third-order valence-electron chi connectivity index (χ3n) is 5.38. The number of hydrogen-bond acceptors (Lipinski definition) is 7. The van der Waals surface area contributed by atoms with E-state index in [4.69, 9.17) is 4.74 Å². The van der Waals surface area contributed by atoms with Gasteiger partial charge in [0.25, 0.3) is 0 Å². The van der Waals surface area contributed by atoms with Gasteiger partial charge in [-0.25, -0.2) is 19.2 Å². The molecule has 0 bridgehead atoms. The molecule has 3 aromatic rings. The minimum atomic E-state index is -0.400. The molecule has 1 N–H and O–H groups in total. The number of alkyl carbamates (subject to hydrolysis) is 1. The van der Waals surface area contributed by atoms with Gasteiger partial charge in [0.1, 0.15) is 18.2 Å². The fraction of sp³-hybridized carbons (Fsp3) is 0.364. The number of halogens is 1. The Hall–Kier alpha value is -3.07. The zero-order valence-corrected chi connectivity index (χ0v) is 17.9. The molecule has 0 radical (unpaired) electrons. The fourth-order valence-corrected chi connectivity index (χ4v) is 4.19. The molecule has 3 aromatic heterocycles. The highest BCUT2D eigenvalue weighted by Gasteiger charge is 2.20. The van der Waals surface area contributed by atoms with Gasteiger partial charge in [-0.1, -0.05) is 0 Å². The van der Waals surface area contributed by atoms with Crippen molar-refractivity contribution in [3.05, 3.63) is 59.2 Å². The van der Waals surface area contributed by atoms with Gasteiger partial charge in [0.15, 0.2) is 0 Å². The number of piperidine rings is 1. The minimum absolute atomic E-state index is 0.204. The second-order valence-electron chi connectivity index (χ2n) is 7.50. The molecule has 0 aliphatic carbocycles. The molecule has 0 aromatic carbocycles. The number of pyridine rings is 2. The van der Waals surface area contributed by atoms with Crippen LogP contribution in [0.15, 0.2) is 47.7 Å². The van der Waals surface area contributed by atoms with Crippen molar-refractivity contribution in [1.82, 2.24) is 20.3 Å². The summed E-state index contributed by atoms with van der Waals surface area (Å²) in [4.78, 5) is 26.6. The second kappa shape index (κ2) is 10.3. The van der Waals surface area contributed by atoms with Crippen molar-refractivity contribution in [2.24, 2.45) is 5.92 Å². The van der Waals surface area contributed by atoms with E-state index >= 15 is 0 Å². The zero-order chi connectivity index (χ0) is 21.5. The lowest BCUT2D eigenvalue weighted by molar-refractivity contribution is 0.137. The van der Waals surface area contributed by atoms with Gasteiger partial charge in [0, 0.05) is 48.5 Å². The Morgan fingerprint density at radius 2 is 2.06 bits per heavy atom. The molecule has 1 aliphatic heterocycles. The Bertz CT molecular complexity index is 976. The van der Waals surface area contributed by atoms with Gasteiger partial charge >= 0.3 is 6.09 Å². The fourth-order valence-electron chi connectivity index (χ4n) is 3.64. The van der Waals surface area contributed by atoms with Crippen LogP contribution < -0.4 is 10.2 Å². The lowest BCUT2D eigenvalue weighted by Crippen LogP contribution is -2.35. The van der Waals surface area contributed by atoms with E-state index in [0.717, 1.165) is 55.0 Å². The number of carbonyl (C=O) groups is 1. The summed E-state index contributed by atoms with van der Waals surface area (Å²) in [6, 6.07) is 5.38. The van der Waals surface area contributed by atoms with Crippen molar-refractivity contribution in [2.45, 2.75) is 25.9 Å². The van der Waals surface area contributed by atoms with Crippen molar-refractivity contribution in [1.29, 1.82) is 0 Å². The summed E-state index contributed by atoms with van der Waals surface area (Å²) in [6.07, 6.45) is 7.21. The SMILES string of the molecule is O=C(NCCC1CCN(c2ccc(-c3cncc(F)c3)cn2)CC1)OCc1cscn1. The summed E-state index contributed by atoms with van der Waals surface area (Å²) in [7, 11) is 0. The lowest BCUT2D eigenvalue weighted by atomic mass is 9.93. The molecule has 1 amide bonds. The first-order valence-electron chi connectivity index (χ1n) is 10.3. The monoisotopic (exact) mass is 441 g/mol. The summed E-state index contributed by atoms with van der Waals surface area (Å²) < 4.78 is 18.5. The Balaban J connectivity index is 1.18. The lowest BCUT2D eigenvalue weighted by Gasteiger charge is -2.32. The quantitative estimate of drug-likeness (QED) is 0.590. The summed E-state index contributed by atoms with van der Waals surface area (Å²) in [5.41, 5.74) is 4.05. The molecule has 0 spiro atoms. The molecule has 0 atom stereocenters. The Morgan fingerprint density at radius 3 is 2.77 bits per heavy atom. The molecule has 9 heteroatoms. The molecule has 4 rings (SSSR count). The Kier molecular flexibility index (Phi) is 7.03. The number of aromatic nitrogens is 3. The number of hydrogen-bond donors (Lipinski definition) is 1. The number of amides is 1. The average Bonchev–Trinajstić information content (AvgIpc) is 3.32. The van der Waals surface area contributed by atoms with E-state index < -0.39 is 6.09 Å². The smallest absolute Gasteiger partial charge is 0.407 e. The standard InChI is InChI=1S/C22H24FN5O2S/c23-19-9-18(10-24-12-19)17-1-2-21(26-11-17)28-7-4-16(5-8-28)3-6-25-22(29)30-13-20-14-31-15-27-20/h1-2,9-12,14-16H,3-8,13H2,(H,25,29). The van der Waals surface area contributed by atoms with E-state index in [1.807, 2.05) is 17.5 Å². The third kappa shape index (κ3) is 5.97. The van der Waals surface area contributed by atoms with E-state index in [-0.39, 0.29) is 12.4 Å². The van der Waals surface area contributed by atoms with Crippen LogP contribution >= 0.6 is 11.3 Å². The maximum absolute atomic E-state index is 13.4. The largest absolute Gasteiger partial charge is 0.443 e. The van der Waals surface area contributed by atoms with Gasteiger partial charge < -0.3 is 15.0 Å². The van der Waals surface area contributed by atoms with Crippen molar-refractivity contribution in [3.63, 3.8) is 0 Å². The molecule has 0 saturated carbocycles. The molecular formula is C22H24FN5O2S. The van der Waals surface area contributed by atoms with E-state index in [2.05, 4.69) is 25.2 Å². The van der Waals surface area contributed by atoms with Crippen LogP contribution in [0.3, 0.4) is 0 Å². The van der Waals surface area contributed by atoms with Crippen molar-refractivity contribution >= 4 is 23.2 Å². The molecular weight excluding hydrogens is 417 g/mol. The predicted octanol–water partition coefficient (Wildman–Crippen LogP) is 4.27.